The van der Waals surface area contributed by atoms with Crippen LogP contribution < -0.4 is 0 Å². The fourth-order valence-electron chi connectivity index (χ4n) is 3.53. The average molecular weight is 306 g/mol. The number of hydrogen-bond acceptors (Lipinski definition) is 3. The molecule has 118 valence electrons. The van der Waals surface area contributed by atoms with Gasteiger partial charge in [0, 0.05) is 24.3 Å². The molecule has 0 radical (unpaired) electrons. The van der Waals surface area contributed by atoms with Crippen LogP contribution in [-0.4, -0.2) is 39.6 Å². The van der Waals surface area contributed by atoms with Crippen LogP contribution in [0.2, 0.25) is 0 Å². The molecule has 1 aliphatic rings. The Hall–Kier alpha value is -2.20. The third-order valence-corrected chi connectivity index (χ3v) is 4.72. The molecule has 1 aromatic carbocycles. The van der Waals surface area contributed by atoms with Crippen molar-refractivity contribution in [2.45, 2.75) is 25.7 Å². The van der Waals surface area contributed by atoms with E-state index in [0.717, 1.165) is 29.2 Å². The molecular weight excluding hydrogens is 284 g/mol. The van der Waals surface area contributed by atoms with Crippen LogP contribution in [0, 0.1) is 6.92 Å². The van der Waals surface area contributed by atoms with Crippen LogP contribution in [0.4, 0.5) is 0 Å². The van der Waals surface area contributed by atoms with Gasteiger partial charge in [0.15, 0.2) is 5.65 Å². The highest BCUT2D eigenvalue weighted by Gasteiger charge is 2.25. The van der Waals surface area contributed by atoms with Crippen LogP contribution in [0.5, 0.6) is 0 Å². The number of hydrogen-bond donors (Lipinski definition) is 0. The van der Waals surface area contributed by atoms with E-state index in [1.807, 2.05) is 12.3 Å². The van der Waals surface area contributed by atoms with E-state index >= 15 is 0 Å². The summed E-state index contributed by atoms with van der Waals surface area (Å²) in [5.41, 5.74) is 4.36. The number of pyridine rings is 1. The van der Waals surface area contributed by atoms with E-state index in [9.17, 15) is 0 Å². The standard InChI is InChI=1S/C19H22N4/c1-14-7-9-16(10-8-14)23-18(15-5-4-12-22(2)13-15)21-17-6-3-11-20-19(17)23/h3,6-11,15H,4-5,12-13H2,1-2H3. The minimum absolute atomic E-state index is 0.462. The largest absolute Gasteiger partial charge is 0.306 e. The number of rotatable bonds is 2. The summed E-state index contributed by atoms with van der Waals surface area (Å²) in [6.45, 7) is 4.36. The number of fused-ring (bicyclic) bond motifs is 1. The highest BCUT2D eigenvalue weighted by Crippen LogP contribution is 2.30. The normalized spacial score (nSPS) is 19.3. The number of nitrogens with zero attached hydrogens (tertiary/aromatic N) is 4. The molecule has 0 N–H and O–H groups in total. The zero-order valence-electron chi connectivity index (χ0n) is 13.7. The maximum Gasteiger partial charge on any atom is 0.164 e. The van der Waals surface area contributed by atoms with E-state index in [2.05, 4.69) is 58.8 Å². The van der Waals surface area contributed by atoms with Crippen LogP contribution in [0.1, 0.15) is 30.1 Å². The second-order valence-corrected chi connectivity index (χ2v) is 6.59. The predicted molar refractivity (Wildman–Crippen MR) is 93.1 cm³/mol. The average Bonchev–Trinajstić information content (AvgIpc) is 2.95. The Balaban J connectivity index is 1.89. The Morgan fingerprint density at radius 3 is 2.74 bits per heavy atom. The molecule has 4 heteroatoms. The van der Waals surface area contributed by atoms with Crippen molar-refractivity contribution in [1.29, 1.82) is 0 Å². The maximum atomic E-state index is 4.94. The molecule has 0 spiro atoms. The van der Waals surface area contributed by atoms with Crippen molar-refractivity contribution in [2.75, 3.05) is 20.1 Å². The van der Waals surface area contributed by atoms with Crippen molar-refractivity contribution in [2.24, 2.45) is 0 Å². The number of piperidine rings is 1. The van der Waals surface area contributed by atoms with Crippen molar-refractivity contribution in [1.82, 2.24) is 19.4 Å². The lowest BCUT2D eigenvalue weighted by molar-refractivity contribution is 0.245. The molecule has 1 aliphatic heterocycles. The number of imidazole rings is 1. The molecule has 0 saturated carbocycles. The van der Waals surface area contributed by atoms with Gasteiger partial charge in [0.2, 0.25) is 0 Å². The molecule has 0 aliphatic carbocycles. The molecule has 1 unspecified atom stereocenters. The molecule has 1 atom stereocenters. The SMILES string of the molecule is Cc1ccc(-n2c(C3CCCN(C)C3)nc3cccnc32)cc1. The fraction of sp³-hybridized carbons (Fsp3) is 0.368. The lowest BCUT2D eigenvalue weighted by Crippen LogP contribution is -2.32. The van der Waals surface area contributed by atoms with Gasteiger partial charge >= 0.3 is 0 Å². The highest BCUT2D eigenvalue weighted by atomic mass is 15.2. The van der Waals surface area contributed by atoms with Gasteiger partial charge in [0.1, 0.15) is 11.3 Å². The first-order chi connectivity index (χ1) is 11.2. The van der Waals surface area contributed by atoms with Crippen molar-refractivity contribution in [3.8, 4) is 5.69 Å². The third kappa shape index (κ3) is 2.63. The number of likely N-dealkylation sites (N-methyl/N-ethyl adjacent to an activating group) is 1. The summed E-state index contributed by atoms with van der Waals surface area (Å²) in [7, 11) is 2.20. The molecule has 0 amide bonds. The Bertz CT molecular complexity index is 819. The molecular formula is C19H22N4. The molecule has 4 nitrogen and oxygen atoms in total. The van der Waals surface area contributed by atoms with Crippen LogP contribution in [0.3, 0.4) is 0 Å². The molecule has 1 fully saturated rings. The van der Waals surface area contributed by atoms with Gasteiger partial charge in [-0.2, -0.15) is 0 Å². The quantitative estimate of drug-likeness (QED) is 0.726. The van der Waals surface area contributed by atoms with Gasteiger partial charge in [-0.15, -0.1) is 0 Å². The van der Waals surface area contributed by atoms with Crippen molar-refractivity contribution < 1.29 is 0 Å². The maximum absolute atomic E-state index is 4.94. The smallest absolute Gasteiger partial charge is 0.164 e. The summed E-state index contributed by atoms with van der Waals surface area (Å²) in [5.74, 6) is 1.61. The second-order valence-electron chi connectivity index (χ2n) is 6.59. The Labute approximate surface area is 136 Å². The molecule has 3 aromatic rings. The van der Waals surface area contributed by atoms with Crippen LogP contribution >= 0.6 is 0 Å². The Kier molecular flexibility index (Phi) is 3.62. The van der Waals surface area contributed by atoms with E-state index < -0.39 is 0 Å². The van der Waals surface area contributed by atoms with Gasteiger partial charge in [0.05, 0.1) is 0 Å². The number of benzene rings is 1. The first-order valence-electron chi connectivity index (χ1n) is 8.31. The summed E-state index contributed by atoms with van der Waals surface area (Å²) >= 11 is 0. The first kappa shape index (κ1) is 14.4. The van der Waals surface area contributed by atoms with E-state index in [0.29, 0.717) is 5.92 Å². The lowest BCUT2D eigenvalue weighted by atomic mass is 9.97. The number of aryl methyl sites for hydroxylation is 1. The minimum atomic E-state index is 0.462. The molecule has 1 saturated heterocycles. The molecule has 2 aromatic heterocycles. The van der Waals surface area contributed by atoms with Gasteiger partial charge in [-0.1, -0.05) is 17.7 Å². The second kappa shape index (κ2) is 5.78. The molecule has 23 heavy (non-hydrogen) atoms. The van der Waals surface area contributed by atoms with Crippen molar-refractivity contribution in [3.05, 3.63) is 54.0 Å². The summed E-state index contributed by atoms with van der Waals surface area (Å²) in [6, 6.07) is 12.7. The van der Waals surface area contributed by atoms with E-state index in [1.54, 1.807) is 0 Å². The van der Waals surface area contributed by atoms with Gasteiger partial charge in [-0.25, -0.2) is 9.97 Å². The number of likely N-dealkylation sites (tertiary alicyclic amines) is 1. The topological polar surface area (TPSA) is 34.0 Å². The van der Waals surface area contributed by atoms with E-state index in [1.165, 1.54) is 24.9 Å². The molecule has 0 bridgehead atoms. The van der Waals surface area contributed by atoms with Crippen molar-refractivity contribution >= 4 is 11.2 Å². The fourth-order valence-corrected chi connectivity index (χ4v) is 3.53. The van der Waals surface area contributed by atoms with Crippen molar-refractivity contribution in [3.63, 3.8) is 0 Å². The van der Waals surface area contributed by atoms with Gasteiger partial charge in [-0.05, 0) is 57.6 Å². The summed E-state index contributed by atoms with van der Waals surface area (Å²) in [6.07, 6.45) is 4.27. The lowest BCUT2D eigenvalue weighted by Gasteiger charge is -2.29. The monoisotopic (exact) mass is 306 g/mol. The van der Waals surface area contributed by atoms with Gasteiger partial charge in [0.25, 0.3) is 0 Å². The van der Waals surface area contributed by atoms with E-state index in [-0.39, 0.29) is 0 Å². The first-order valence-corrected chi connectivity index (χ1v) is 8.31. The van der Waals surface area contributed by atoms with Crippen LogP contribution in [0.25, 0.3) is 16.9 Å². The van der Waals surface area contributed by atoms with Gasteiger partial charge in [-0.3, -0.25) is 4.57 Å². The van der Waals surface area contributed by atoms with Crippen LogP contribution in [-0.2, 0) is 0 Å². The minimum Gasteiger partial charge on any atom is -0.306 e. The van der Waals surface area contributed by atoms with E-state index in [4.69, 9.17) is 4.98 Å². The summed E-state index contributed by atoms with van der Waals surface area (Å²) < 4.78 is 2.25. The van der Waals surface area contributed by atoms with Gasteiger partial charge < -0.3 is 4.90 Å². The summed E-state index contributed by atoms with van der Waals surface area (Å²) in [5, 5.41) is 0. The highest BCUT2D eigenvalue weighted by molar-refractivity contribution is 5.74. The molecule has 3 heterocycles. The van der Waals surface area contributed by atoms with Crippen LogP contribution in [0.15, 0.2) is 42.6 Å². The zero-order valence-corrected chi connectivity index (χ0v) is 13.7. The third-order valence-electron chi connectivity index (χ3n) is 4.72. The Morgan fingerprint density at radius 2 is 1.96 bits per heavy atom. The zero-order chi connectivity index (χ0) is 15.8. The number of aromatic nitrogens is 3. The summed E-state index contributed by atoms with van der Waals surface area (Å²) in [4.78, 5) is 11.9. The molecule has 4 rings (SSSR count). The predicted octanol–water partition coefficient (Wildman–Crippen LogP) is 3.54. The Morgan fingerprint density at radius 1 is 1.13 bits per heavy atom.